The molecule has 0 saturated heterocycles. The Kier molecular flexibility index (Phi) is 3.76. The molecule has 1 aromatic rings. The molecule has 0 amide bonds. The van der Waals surface area contributed by atoms with Gasteiger partial charge in [0.25, 0.3) is 0 Å². The van der Waals surface area contributed by atoms with Crippen molar-refractivity contribution in [2.45, 2.75) is 18.7 Å². The predicted octanol–water partition coefficient (Wildman–Crippen LogP) is 3.83. The van der Waals surface area contributed by atoms with Crippen LogP contribution >= 0.6 is 23.5 Å². The molecule has 1 atom stereocenters. The van der Waals surface area contributed by atoms with E-state index in [1.54, 1.807) is 11.8 Å². The van der Waals surface area contributed by atoms with Gasteiger partial charge < -0.3 is 0 Å². The van der Waals surface area contributed by atoms with E-state index in [0.717, 1.165) is 12.5 Å². The molecule has 1 unspecified atom stereocenters. The van der Waals surface area contributed by atoms with E-state index >= 15 is 0 Å². The van der Waals surface area contributed by atoms with E-state index < -0.39 is 0 Å². The SMILES string of the molecule is Cc1ccccc1SC1=NCC(C)CS1. The van der Waals surface area contributed by atoms with Crippen molar-refractivity contribution >= 4 is 27.9 Å². The summed E-state index contributed by atoms with van der Waals surface area (Å²) in [5.41, 5.74) is 1.34. The molecule has 0 spiro atoms. The Morgan fingerprint density at radius 2 is 2.20 bits per heavy atom. The number of nitrogens with zero attached hydrogens (tertiary/aromatic N) is 1. The quantitative estimate of drug-likeness (QED) is 0.736. The zero-order valence-electron chi connectivity index (χ0n) is 9.06. The normalized spacial score (nSPS) is 21.2. The van der Waals surface area contributed by atoms with Crippen molar-refractivity contribution < 1.29 is 0 Å². The van der Waals surface area contributed by atoms with Gasteiger partial charge in [-0.05, 0) is 24.5 Å². The summed E-state index contributed by atoms with van der Waals surface area (Å²) in [6.45, 7) is 5.39. The largest absolute Gasteiger partial charge is 0.271 e. The zero-order chi connectivity index (χ0) is 10.7. The van der Waals surface area contributed by atoms with E-state index in [1.807, 2.05) is 11.8 Å². The van der Waals surface area contributed by atoms with Crippen LogP contribution in [-0.4, -0.2) is 16.7 Å². The first-order valence-electron chi connectivity index (χ1n) is 5.16. The minimum Gasteiger partial charge on any atom is -0.271 e. The summed E-state index contributed by atoms with van der Waals surface area (Å²) < 4.78 is 1.22. The highest BCUT2D eigenvalue weighted by molar-refractivity contribution is 8.39. The topological polar surface area (TPSA) is 12.4 Å². The van der Waals surface area contributed by atoms with Gasteiger partial charge in [-0.25, -0.2) is 0 Å². The maximum Gasteiger partial charge on any atom is 0.129 e. The summed E-state index contributed by atoms with van der Waals surface area (Å²) in [6.07, 6.45) is 0. The first-order chi connectivity index (χ1) is 7.25. The van der Waals surface area contributed by atoms with E-state index in [-0.39, 0.29) is 0 Å². The van der Waals surface area contributed by atoms with Crippen LogP contribution in [0.4, 0.5) is 0 Å². The molecule has 1 aliphatic heterocycles. The molecule has 15 heavy (non-hydrogen) atoms. The highest BCUT2D eigenvalue weighted by Crippen LogP contribution is 2.31. The minimum atomic E-state index is 0.733. The van der Waals surface area contributed by atoms with Crippen molar-refractivity contribution in [2.75, 3.05) is 12.3 Å². The Labute approximate surface area is 99.8 Å². The van der Waals surface area contributed by atoms with E-state index in [9.17, 15) is 0 Å². The number of thioether (sulfide) groups is 2. The molecule has 0 saturated carbocycles. The van der Waals surface area contributed by atoms with Crippen molar-refractivity contribution in [2.24, 2.45) is 10.9 Å². The number of rotatable bonds is 1. The van der Waals surface area contributed by atoms with E-state index in [4.69, 9.17) is 0 Å². The van der Waals surface area contributed by atoms with Gasteiger partial charge in [0.1, 0.15) is 4.38 Å². The van der Waals surface area contributed by atoms with E-state index in [0.29, 0.717) is 0 Å². The molecule has 0 aromatic heterocycles. The highest BCUT2D eigenvalue weighted by atomic mass is 32.2. The van der Waals surface area contributed by atoms with Gasteiger partial charge in [-0.1, -0.05) is 48.6 Å². The third-order valence-corrected chi connectivity index (χ3v) is 5.01. The van der Waals surface area contributed by atoms with Gasteiger partial charge in [0.15, 0.2) is 0 Å². The van der Waals surface area contributed by atoms with Crippen LogP contribution in [0, 0.1) is 12.8 Å². The van der Waals surface area contributed by atoms with Gasteiger partial charge in [-0.3, -0.25) is 4.99 Å². The summed E-state index contributed by atoms with van der Waals surface area (Å²) in [5.74, 6) is 1.94. The van der Waals surface area contributed by atoms with Crippen LogP contribution in [0.15, 0.2) is 34.2 Å². The Hall–Kier alpha value is -0.410. The fraction of sp³-hybridized carbons (Fsp3) is 0.417. The van der Waals surface area contributed by atoms with E-state index in [2.05, 4.69) is 43.1 Å². The molecule has 0 fully saturated rings. The molecule has 0 bridgehead atoms. The minimum absolute atomic E-state index is 0.733. The average molecular weight is 237 g/mol. The van der Waals surface area contributed by atoms with Crippen LogP contribution in [-0.2, 0) is 0 Å². The molecule has 2 rings (SSSR count). The number of hydrogen-bond acceptors (Lipinski definition) is 3. The summed E-state index contributed by atoms with van der Waals surface area (Å²) >= 11 is 3.69. The second kappa shape index (κ2) is 5.08. The van der Waals surface area contributed by atoms with Gasteiger partial charge in [0.2, 0.25) is 0 Å². The first-order valence-corrected chi connectivity index (χ1v) is 6.96. The maximum atomic E-state index is 4.59. The van der Waals surface area contributed by atoms with Crippen molar-refractivity contribution in [1.82, 2.24) is 0 Å². The number of aryl methyl sites for hydroxylation is 1. The van der Waals surface area contributed by atoms with Crippen LogP contribution in [0.2, 0.25) is 0 Å². The summed E-state index contributed by atoms with van der Waals surface area (Å²) in [5, 5.41) is 0. The van der Waals surface area contributed by atoms with Gasteiger partial charge >= 0.3 is 0 Å². The Morgan fingerprint density at radius 1 is 1.40 bits per heavy atom. The van der Waals surface area contributed by atoms with Gasteiger partial charge in [0, 0.05) is 17.2 Å². The lowest BCUT2D eigenvalue weighted by atomic mass is 10.2. The molecule has 0 radical (unpaired) electrons. The second-order valence-electron chi connectivity index (χ2n) is 3.89. The molecule has 1 heterocycles. The fourth-order valence-corrected chi connectivity index (χ4v) is 3.48. The van der Waals surface area contributed by atoms with Gasteiger partial charge in [0.05, 0.1) is 0 Å². The summed E-state index contributed by atoms with van der Waals surface area (Å²) in [6, 6.07) is 8.49. The van der Waals surface area contributed by atoms with Crippen LogP contribution in [0.3, 0.4) is 0 Å². The van der Waals surface area contributed by atoms with Crippen molar-refractivity contribution in [3.63, 3.8) is 0 Å². The Balaban J connectivity index is 2.06. The lowest BCUT2D eigenvalue weighted by molar-refractivity contribution is 0.675. The summed E-state index contributed by atoms with van der Waals surface area (Å²) in [7, 11) is 0. The molecule has 1 aromatic carbocycles. The summed E-state index contributed by atoms with van der Waals surface area (Å²) in [4.78, 5) is 5.92. The molecule has 0 aliphatic carbocycles. The predicted molar refractivity (Wildman–Crippen MR) is 71.0 cm³/mol. The third kappa shape index (κ3) is 3.02. The average Bonchev–Trinajstić information content (AvgIpc) is 2.25. The van der Waals surface area contributed by atoms with Crippen LogP contribution < -0.4 is 0 Å². The molecule has 3 heteroatoms. The monoisotopic (exact) mass is 237 g/mol. The molecule has 1 nitrogen and oxygen atoms in total. The lowest BCUT2D eigenvalue weighted by Gasteiger charge is -2.16. The second-order valence-corrected chi connectivity index (χ2v) is 6.19. The fourth-order valence-electron chi connectivity index (χ4n) is 1.37. The van der Waals surface area contributed by atoms with Crippen molar-refractivity contribution in [3.05, 3.63) is 29.8 Å². The first kappa shape index (κ1) is 11.1. The van der Waals surface area contributed by atoms with Crippen molar-refractivity contribution in [1.29, 1.82) is 0 Å². The molecule has 80 valence electrons. The zero-order valence-corrected chi connectivity index (χ0v) is 10.7. The van der Waals surface area contributed by atoms with Crippen LogP contribution in [0.5, 0.6) is 0 Å². The van der Waals surface area contributed by atoms with Crippen molar-refractivity contribution in [3.8, 4) is 0 Å². The lowest BCUT2D eigenvalue weighted by Crippen LogP contribution is -2.10. The number of benzene rings is 1. The van der Waals surface area contributed by atoms with Gasteiger partial charge in [-0.2, -0.15) is 0 Å². The Bertz CT molecular complexity index is 374. The molecule has 1 aliphatic rings. The number of hydrogen-bond donors (Lipinski definition) is 0. The smallest absolute Gasteiger partial charge is 0.129 e. The third-order valence-electron chi connectivity index (χ3n) is 2.31. The van der Waals surface area contributed by atoms with E-state index in [1.165, 1.54) is 20.6 Å². The van der Waals surface area contributed by atoms with Gasteiger partial charge in [-0.15, -0.1) is 0 Å². The molecular formula is C12H15NS2. The molecular weight excluding hydrogens is 222 g/mol. The number of aliphatic imine (C=N–C) groups is 1. The van der Waals surface area contributed by atoms with Crippen LogP contribution in [0.1, 0.15) is 12.5 Å². The molecule has 0 N–H and O–H groups in total. The highest BCUT2D eigenvalue weighted by Gasteiger charge is 2.13. The standard InChI is InChI=1S/C12H15NS2/c1-9-7-13-12(14-8-9)15-11-6-4-3-5-10(11)2/h3-6,9H,7-8H2,1-2H3. The Morgan fingerprint density at radius 3 is 2.87 bits per heavy atom. The van der Waals surface area contributed by atoms with Crippen LogP contribution in [0.25, 0.3) is 0 Å². The maximum absolute atomic E-state index is 4.59.